The van der Waals surface area contributed by atoms with Crippen molar-refractivity contribution in [3.63, 3.8) is 0 Å². The Morgan fingerprint density at radius 2 is 1.71 bits per heavy atom. The highest BCUT2D eigenvalue weighted by Gasteiger charge is 1.95. The van der Waals surface area contributed by atoms with E-state index in [-0.39, 0.29) is 0 Å². The van der Waals surface area contributed by atoms with Gasteiger partial charge in [0.1, 0.15) is 11.5 Å². The quantitative estimate of drug-likeness (QED) is 0.691. The molecule has 0 amide bonds. The molecule has 104 valence electrons. The molecule has 21 heavy (non-hydrogen) atoms. The van der Waals surface area contributed by atoms with Crippen LogP contribution >= 0.6 is 0 Å². The first-order chi connectivity index (χ1) is 10.4. The first kappa shape index (κ1) is 13.2. The molecule has 3 nitrogen and oxygen atoms in total. The fourth-order valence-corrected chi connectivity index (χ4v) is 1.98. The topological polar surface area (TPSA) is 27.1 Å². The lowest BCUT2D eigenvalue weighted by Crippen LogP contribution is -1.89. The van der Waals surface area contributed by atoms with Crippen LogP contribution in [0, 0.1) is 0 Å². The standard InChI is InChI=1S/C18H16N2O/c1-2-6-17(7-3-1)21-18-10-8-16(9-11-18)5-4-13-20-14-12-19-15-20/h1-12,14-15H,13H2. The molecule has 3 aromatic rings. The van der Waals surface area contributed by atoms with E-state index < -0.39 is 0 Å². The zero-order valence-electron chi connectivity index (χ0n) is 11.6. The van der Waals surface area contributed by atoms with Gasteiger partial charge in [-0.25, -0.2) is 4.98 Å². The Bertz CT molecular complexity index is 686. The highest BCUT2D eigenvalue weighted by molar-refractivity contribution is 5.50. The van der Waals surface area contributed by atoms with Crippen molar-refractivity contribution in [2.75, 3.05) is 0 Å². The molecule has 0 spiro atoms. The van der Waals surface area contributed by atoms with E-state index >= 15 is 0 Å². The van der Waals surface area contributed by atoms with E-state index in [4.69, 9.17) is 4.74 Å². The van der Waals surface area contributed by atoms with Crippen molar-refractivity contribution in [3.05, 3.63) is 85.0 Å². The summed E-state index contributed by atoms with van der Waals surface area (Å²) in [6.07, 6.45) is 9.73. The van der Waals surface area contributed by atoms with E-state index in [0.717, 1.165) is 23.6 Å². The lowest BCUT2D eigenvalue weighted by atomic mass is 10.2. The molecule has 0 aliphatic heterocycles. The number of aromatic nitrogens is 2. The third kappa shape index (κ3) is 3.83. The molecule has 0 aliphatic rings. The van der Waals surface area contributed by atoms with Crippen molar-refractivity contribution in [3.8, 4) is 11.5 Å². The van der Waals surface area contributed by atoms with E-state index in [1.54, 1.807) is 12.5 Å². The highest BCUT2D eigenvalue weighted by atomic mass is 16.5. The minimum absolute atomic E-state index is 0.822. The van der Waals surface area contributed by atoms with Gasteiger partial charge in [0.05, 0.1) is 6.33 Å². The van der Waals surface area contributed by atoms with Gasteiger partial charge in [-0.2, -0.15) is 0 Å². The fourth-order valence-electron chi connectivity index (χ4n) is 1.98. The summed E-state index contributed by atoms with van der Waals surface area (Å²) in [6.45, 7) is 0.822. The van der Waals surface area contributed by atoms with Crippen molar-refractivity contribution < 1.29 is 4.74 Å². The average molecular weight is 276 g/mol. The number of nitrogens with zero attached hydrogens (tertiary/aromatic N) is 2. The Morgan fingerprint density at radius 1 is 0.952 bits per heavy atom. The third-order valence-electron chi connectivity index (χ3n) is 3.04. The SMILES string of the molecule is C(=Cc1ccc(Oc2ccccc2)cc1)Cn1ccnc1. The fraction of sp³-hybridized carbons (Fsp3) is 0.0556. The summed E-state index contributed by atoms with van der Waals surface area (Å²) in [7, 11) is 0. The Morgan fingerprint density at radius 3 is 2.43 bits per heavy atom. The zero-order chi connectivity index (χ0) is 14.3. The van der Waals surface area contributed by atoms with Crippen molar-refractivity contribution in [2.24, 2.45) is 0 Å². The molecule has 0 bridgehead atoms. The Kier molecular flexibility index (Phi) is 4.12. The Labute approximate surface area is 124 Å². The smallest absolute Gasteiger partial charge is 0.127 e. The normalized spacial score (nSPS) is 10.9. The summed E-state index contributed by atoms with van der Waals surface area (Å²) in [5, 5.41) is 0. The molecule has 0 fully saturated rings. The highest BCUT2D eigenvalue weighted by Crippen LogP contribution is 2.21. The van der Waals surface area contributed by atoms with E-state index in [2.05, 4.69) is 17.1 Å². The van der Waals surface area contributed by atoms with Gasteiger partial charge in [-0.15, -0.1) is 0 Å². The molecule has 0 saturated heterocycles. The zero-order valence-corrected chi connectivity index (χ0v) is 11.6. The third-order valence-corrected chi connectivity index (χ3v) is 3.04. The van der Waals surface area contributed by atoms with Crippen LogP contribution in [0.25, 0.3) is 6.08 Å². The molecule has 0 radical (unpaired) electrons. The number of ether oxygens (including phenoxy) is 1. The number of allylic oxidation sites excluding steroid dienone is 1. The number of hydrogen-bond donors (Lipinski definition) is 0. The summed E-state index contributed by atoms with van der Waals surface area (Å²) in [5.74, 6) is 1.69. The predicted octanol–water partition coefficient (Wildman–Crippen LogP) is 4.39. The number of hydrogen-bond acceptors (Lipinski definition) is 2. The Hall–Kier alpha value is -2.81. The number of rotatable bonds is 5. The Balaban J connectivity index is 1.60. The average Bonchev–Trinajstić information content (AvgIpc) is 3.03. The van der Waals surface area contributed by atoms with Crippen LogP contribution in [-0.2, 0) is 6.54 Å². The summed E-state index contributed by atoms with van der Waals surface area (Å²) in [4.78, 5) is 4.01. The van der Waals surface area contributed by atoms with Crippen LogP contribution in [0.2, 0.25) is 0 Å². The van der Waals surface area contributed by atoms with Gasteiger partial charge in [0.25, 0.3) is 0 Å². The van der Waals surface area contributed by atoms with Crippen LogP contribution in [0.4, 0.5) is 0 Å². The first-order valence-electron chi connectivity index (χ1n) is 6.85. The molecule has 3 rings (SSSR count). The molecule has 0 atom stereocenters. The molecule has 1 aromatic heterocycles. The second-order valence-electron chi connectivity index (χ2n) is 4.65. The molecular weight excluding hydrogens is 260 g/mol. The maximum absolute atomic E-state index is 5.76. The van der Waals surface area contributed by atoms with Crippen molar-refractivity contribution in [1.29, 1.82) is 0 Å². The van der Waals surface area contributed by atoms with E-state index in [9.17, 15) is 0 Å². The van der Waals surface area contributed by atoms with Crippen molar-refractivity contribution in [2.45, 2.75) is 6.54 Å². The first-order valence-corrected chi connectivity index (χ1v) is 6.85. The monoisotopic (exact) mass is 276 g/mol. The van der Waals surface area contributed by atoms with Crippen LogP contribution in [0.5, 0.6) is 11.5 Å². The van der Waals surface area contributed by atoms with E-state index in [1.807, 2.05) is 65.4 Å². The van der Waals surface area contributed by atoms with Gasteiger partial charge < -0.3 is 9.30 Å². The largest absolute Gasteiger partial charge is 0.457 e. The summed E-state index contributed by atoms with van der Waals surface area (Å²) in [6, 6.07) is 17.8. The van der Waals surface area contributed by atoms with Crippen LogP contribution in [0.3, 0.4) is 0 Å². The van der Waals surface area contributed by atoms with Gasteiger partial charge in [0, 0.05) is 18.9 Å². The molecule has 0 N–H and O–H groups in total. The molecule has 3 heteroatoms. The van der Waals surface area contributed by atoms with Crippen LogP contribution in [-0.4, -0.2) is 9.55 Å². The van der Waals surface area contributed by atoms with Crippen molar-refractivity contribution in [1.82, 2.24) is 9.55 Å². The molecule has 0 saturated carbocycles. The number of benzene rings is 2. The van der Waals surface area contributed by atoms with Gasteiger partial charge in [0.2, 0.25) is 0 Å². The number of para-hydroxylation sites is 1. The molecule has 2 aromatic carbocycles. The van der Waals surface area contributed by atoms with E-state index in [1.165, 1.54) is 0 Å². The second-order valence-corrected chi connectivity index (χ2v) is 4.65. The minimum Gasteiger partial charge on any atom is -0.457 e. The van der Waals surface area contributed by atoms with Crippen LogP contribution in [0.15, 0.2) is 79.4 Å². The van der Waals surface area contributed by atoms with Gasteiger partial charge in [-0.1, -0.05) is 42.5 Å². The molecule has 1 heterocycles. The van der Waals surface area contributed by atoms with Gasteiger partial charge >= 0.3 is 0 Å². The van der Waals surface area contributed by atoms with Crippen molar-refractivity contribution >= 4 is 6.08 Å². The lowest BCUT2D eigenvalue weighted by molar-refractivity contribution is 0.482. The molecule has 0 unspecified atom stereocenters. The van der Waals surface area contributed by atoms with Gasteiger partial charge in [-0.05, 0) is 29.8 Å². The van der Waals surface area contributed by atoms with Crippen LogP contribution in [0.1, 0.15) is 5.56 Å². The summed E-state index contributed by atoms with van der Waals surface area (Å²) >= 11 is 0. The minimum atomic E-state index is 0.822. The maximum Gasteiger partial charge on any atom is 0.127 e. The van der Waals surface area contributed by atoms with Crippen LogP contribution < -0.4 is 4.74 Å². The predicted molar refractivity (Wildman–Crippen MR) is 84.2 cm³/mol. The molecular formula is C18H16N2O. The molecule has 0 aliphatic carbocycles. The number of imidazole rings is 1. The van der Waals surface area contributed by atoms with Gasteiger partial charge in [0.15, 0.2) is 0 Å². The second kappa shape index (κ2) is 6.57. The van der Waals surface area contributed by atoms with Gasteiger partial charge in [-0.3, -0.25) is 0 Å². The summed E-state index contributed by atoms with van der Waals surface area (Å²) in [5.41, 5.74) is 1.15. The summed E-state index contributed by atoms with van der Waals surface area (Å²) < 4.78 is 7.78. The van der Waals surface area contributed by atoms with E-state index in [0.29, 0.717) is 0 Å². The lowest BCUT2D eigenvalue weighted by Gasteiger charge is -2.05. The maximum atomic E-state index is 5.76.